The molecular weight excluding hydrogens is 244 g/mol. The van der Waals surface area contributed by atoms with E-state index in [4.69, 9.17) is 4.74 Å². The van der Waals surface area contributed by atoms with Crippen LogP contribution in [0, 0.1) is 11.6 Å². The molecule has 1 N–H and O–H groups in total. The molecule has 0 aliphatic carbocycles. The summed E-state index contributed by atoms with van der Waals surface area (Å²) in [6.45, 7) is 0.415. The molecule has 1 amide bonds. The Morgan fingerprint density at radius 3 is 2.89 bits per heavy atom. The van der Waals surface area contributed by atoms with Crippen molar-refractivity contribution in [3.8, 4) is 5.75 Å². The van der Waals surface area contributed by atoms with Crippen molar-refractivity contribution >= 4 is 5.91 Å². The molecule has 4 nitrogen and oxygen atoms in total. The van der Waals surface area contributed by atoms with Crippen LogP contribution >= 0.6 is 0 Å². The number of carbonyl (C=O) groups is 1. The lowest BCUT2D eigenvalue weighted by Crippen LogP contribution is -2.33. The number of halogens is 2. The smallest absolute Gasteiger partial charge is 0.260 e. The van der Waals surface area contributed by atoms with E-state index in [-0.39, 0.29) is 24.8 Å². The number of amides is 1. The Kier molecular flexibility index (Phi) is 3.76. The molecule has 0 unspecified atom stereocenters. The topological polar surface area (TPSA) is 49.8 Å². The van der Waals surface area contributed by atoms with Crippen LogP contribution in [0.5, 0.6) is 5.75 Å². The van der Waals surface area contributed by atoms with Gasteiger partial charge in [-0.25, -0.2) is 8.78 Å². The van der Waals surface area contributed by atoms with Crippen molar-refractivity contribution in [2.24, 2.45) is 0 Å². The minimum absolute atomic E-state index is 0.163. The zero-order valence-electron chi connectivity index (χ0n) is 9.60. The van der Waals surface area contributed by atoms with Crippen LogP contribution < -0.4 is 4.74 Å². The number of hydrogen-bond acceptors (Lipinski definition) is 3. The maximum Gasteiger partial charge on any atom is 0.260 e. The molecule has 1 aliphatic rings. The standard InChI is InChI=1S/C12H13F2NO3/c13-8-1-2-11(10(14)5-8)18-7-12(17)15-4-3-9(16)6-15/h1-2,5,9,16H,3-4,6-7H2/t9-/m1/s1. The highest BCUT2D eigenvalue weighted by atomic mass is 19.1. The van der Waals surface area contributed by atoms with Crippen molar-refractivity contribution in [2.45, 2.75) is 12.5 Å². The summed E-state index contributed by atoms with van der Waals surface area (Å²) in [5, 5.41) is 9.27. The zero-order valence-corrected chi connectivity index (χ0v) is 9.60. The summed E-state index contributed by atoms with van der Waals surface area (Å²) in [6.07, 6.45) is 0.0351. The number of aliphatic hydroxyl groups excluding tert-OH is 1. The van der Waals surface area contributed by atoms with E-state index < -0.39 is 17.7 Å². The highest BCUT2D eigenvalue weighted by Crippen LogP contribution is 2.18. The van der Waals surface area contributed by atoms with Crippen LogP contribution in [0.4, 0.5) is 8.78 Å². The van der Waals surface area contributed by atoms with E-state index in [0.29, 0.717) is 19.0 Å². The number of β-amino-alcohol motifs (C(OH)–C–C–N with tert-alkyl or cyclic N) is 1. The molecule has 0 spiro atoms. The molecule has 1 heterocycles. The number of ether oxygens (including phenoxy) is 1. The van der Waals surface area contributed by atoms with Gasteiger partial charge >= 0.3 is 0 Å². The molecule has 1 saturated heterocycles. The Hall–Kier alpha value is -1.69. The summed E-state index contributed by atoms with van der Waals surface area (Å²) in [7, 11) is 0. The molecule has 0 radical (unpaired) electrons. The van der Waals surface area contributed by atoms with Crippen molar-refractivity contribution in [2.75, 3.05) is 19.7 Å². The van der Waals surface area contributed by atoms with Crippen molar-refractivity contribution < 1.29 is 23.4 Å². The molecule has 1 atom stereocenters. The number of rotatable bonds is 3. The summed E-state index contributed by atoms with van der Waals surface area (Å²) in [5.74, 6) is -2.03. The van der Waals surface area contributed by atoms with Crippen LogP contribution in [0.3, 0.4) is 0 Å². The summed E-state index contributed by atoms with van der Waals surface area (Å²) in [4.78, 5) is 13.1. The quantitative estimate of drug-likeness (QED) is 0.876. The monoisotopic (exact) mass is 257 g/mol. The number of hydrogen-bond donors (Lipinski definition) is 1. The fourth-order valence-corrected chi connectivity index (χ4v) is 1.79. The Labute approximate surface area is 103 Å². The molecular formula is C12H13F2NO3. The number of carbonyl (C=O) groups excluding carboxylic acids is 1. The van der Waals surface area contributed by atoms with Crippen LogP contribution in [0.2, 0.25) is 0 Å². The fourth-order valence-electron chi connectivity index (χ4n) is 1.79. The molecule has 2 rings (SSSR count). The lowest BCUT2D eigenvalue weighted by molar-refractivity contribution is -0.132. The van der Waals surface area contributed by atoms with Crippen molar-refractivity contribution in [3.05, 3.63) is 29.8 Å². The van der Waals surface area contributed by atoms with Gasteiger partial charge in [0.25, 0.3) is 5.91 Å². The minimum atomic E-state index is -0.843. The molecule has 18 heavy (non-hydrogen) atoms. The maximum atomic E-state index is 13.2. The van der Waals surface area contributed by atoms with Gasteiger partial charge in [-0.15, -0.1) is 0 Å². The second-order valence-corrected chi connectivity index (χ2v) is 4.15. The first-order valence-corrected chi connectivity index (χ1v) is 5.60. The van der Waals surface area contributed by atoms with E-state index in [0.717, 1.165) is 12.1 Å². The first kappa shape index (κ1) is 12.8. The number of benzene rings is 1. The Morgan fingerprint density at radius 2 is 2.28 bits per heavy atom. The summed E-state index contributed by atoms with van der Waals surface area (Å²) < 4.78 is 30.8. The van der Waals surface area contributed by atoms with E-state index in [1.165, 1.54) is 4.90 Å². The Morgan fingerprint density at radius 1 is 1.50 bits per heavy atom. The Balaban J connectivity index is 1.89. The van der Waals surface area contributed by atoms with Crippen molar-refractivity contribution in [3.63, 3.8) is 0 Å². The van der Waals surface area contributed by atoms with Crippen LogP contribution in [-0.2, 0) is 4.79 Å². The first-order chi connectivity index (χ1) is 8.56. The lowest BCUT2D eigenvalue weighted by atomic mass is 10.3. The van der Waals surface area contributed by atoms with E-state index >= 15 is 0 Å². The van der Waals surface area contributed by atoms with Gasteiger partial charge in [0.1, 0.15) is 5.82 Å². The Bertz CT molecular complexity index is 453. The molecule has 1 fully saturated rings. The van der Waals surface area contributed by atoms with Crippen molar-refractivity contribution in [1.82, 2.24) is 4.90 Å². The van der Waals surface area contributed by atoms with Gasteiger partial charge in [0.05, 0.1) is 6.10 Å². The van der Waals surface area contributed by atoms with Gasteiger partial charge in [-0.05, 0) is 18.6 Å². The predicted octanol–water partition coefficient (Wildman–Crippen LogP) is 0.937. The van der Waals surface area contributed by atoms with Crippen LogP contribution in [-0.4, -0.2) is 41.7 Å². The van der Waals surface area contributed by atoms with Crippen LogP contribution in [0.15, 0.2) is 18.2 Å². The molecule has 0 aromatic heterocycles. The van der Waals surface area contributed by atoms with Gasteiger partial charge in [-0.2, -0.15) is 0 Å². The SMILES string of the molecule is O=C(COc1ccc(F)cc1F)N1CC[C@@H](O)C1. The molecule has 1 aromatic carbocycles. The second kappa shape index (κ2) is 5.30. The zero-order chi connectivity index (χ0) is 13.1. The van der Waals surface area contributed by atoms with Gasteiger partial charge in [0, 0.05) is 19.2 Å². The summed E-state index contributed by atoms with van der Waals surface area (Å²) in [6, 6.07) is 2.89. The fraction of sp³-hybridized carbons (Fsp3) is 0.417. The van der Waals surface area contributed by atoms with E-state index in [2.05, 4.69) is 0 Å². The van der Waals surface area contributed by atoms with Crippen LogP contribution in [0.1, 0.15) is 6.42 Å². The summed E-state index contributed by atoms with van der Waals surface area (Å²) >= 11 is 0. The molecule has 98 valence electrons. The first-order valence-electron chi connectivity index (χ1n) is 5.60. The molecule has 1 aliphatic heterocycles. The number of nitrogens with zero attached hydrogens (tertiary/aromatic N) is 1. The number of aliphatic hydroxyl groups is 1. The van der Waals surface area contributed by atoms with E-state index in [9.17, 15) is 18.7 Å². The van der Waals surface area contributed by atoms with Gasteiger partial charge in [0.2, 0.25) is 0 Å². The third kappa shape index (κ3) is 2.95. The largest absolute Gasteiger partial charge is 0.481 e. The normalized spacial score (nSPS) is 19.1. The third-order valence-electron chi connectivity index (χ3n) is 2.76. The molecule has 1 aromatic rings. The van der Waals surface area contributed by atoms with Gasteiger partial charge in [-0.3, -0.25) is 4.79 Å². The van der Waals surface area contributed by atoms with Gasteiger partial charge in [0.15, 0.2) is 18.2 Å². The highest BCUT2D eigenvalue weighted by Gasteiger charge is 2.24. The van der Waals surface area contributed by atoms with Crippen LogP contribution in [0.25, 0.3) is 0 Å². The van der Waals surface area contributed by atoms with Gasteiger partial charge in [-0.1, -0.05) is 0 Å². The lowest BCUT2D eigenvalue weighted by Gasteiger charge is -2.15. The van der Waals surface area contributed by atoms with Crippen molar-refractivity contribution in [1.29, 1.82) is 0 Å². The third-order valence-corrected chi connectivity index (χ3v) is 2.76. The molecule has 6 heteroatoms. The van der Waals surface area contributed by atoms with Gasteiger partial charge < -0.3 is 14.7 Å². The highest BCUT2D eigenvalue weighted by molar-refractivity contribution is 5.78. The molecule has 0 bridgehead atoms. The average Bonchev–Trinajstić information content (AvgIpc) is 2.74. The average molecular weight is 257 g/mol. The predicted molar refractivity (Wildman–Crippen MR) is 59.1 cm³/mol. The molecule has 0 saturated carbocycles. The summed E-state index contributed by atoms with van der Waals surface area (Å²) in [5.41, 5.74) is 0. The van der Waals surface area contributed by atoms with E-state index in [1.54, 1.807) is 0 Å². The van der Waals surface area contributed by atoms with E-state index in [1.807, 2.05) is 0 Å². The maximum absolute atomic E-state index is 13.2. The minimum Gasteiger partial charge on any atom is -0.481 e. The second-order valence-electron chi connectivity index (χ2n) is 4.15. The number of likely N-dealkylation sites (tertiary alicyclic amines) is 1.